The van der Waals surface area contributed by atoms with Crippen molar-refractivity contribution in [2.45, 2.75) is 4.90 Å². The maximum absolute atomic E-state index is 12.3. The zero-order valence-corrected chi connectivity index (χ0v) is 15.8. The Bertz CT molecular complexity index is 1080. The van der Waals surface area contributed by atoms with Crippen LogP contribution >= 0.6 is 0 Å². The van der Waals surface area contributed by atoms with Crippen LogP contribution in [0.3, 0.4) is 0 Å². The van der Waals surface area contributed by atoms with E-state index in [2.05, 4.69) is 5.32 Å². The zero-order valence-electron chi connectivity index (χ0n) is 15.0. The summed E-state index contributed by atoms with van der Waals surface area (Å²) in [7, 11) is -2.23. The minimum Gasteiger partial charge on any atom is -0.493 e. The minimum absolute atomic E-state index is 0.0538. The van der Waals surface area contributed by atoms with E-state index in [-0.39, 0.29) is 10.8 Å². The van der Waals surface area contributed by atoms with Crippen molar-refractivity contribution in [1.82, 2.24) is 0 Å². The summed E-state index contributed by atoms with van der Waals surface area (Å²) in [6.07, 6.45) is 0. The molecule has 3 aromatic rings. The topological polar surface area (TPSA) is 108 Å². The molecule has 0 saturated carbocycles. The molecule has 1 amide bonds. The lowest BCUT2D eigenvalue weighted by atomic mass is 10.2. The van der Waals surface area contributed by atoms with Gasteiger partial charge in [0.1, 0.15) is 5.75 Å². The average Bonchev–Trinajstić information content (AvgIpc) is 2.69. The SMILES string of the molecule is COc1ccccc1Oc1ccc(NC(=O)c2ccc(S(N)(=O)=O)cc2)cc1. The highest BCUT2D eigenvalue weighted by atomic mass is 32.2. The predicted molar refractivity (Wildman–Crippen MR) is 105 cm³/mol. The Morgan fingerprint density at radius 2 is 1.50 bits per heavy atom. The number of methoxy groups -OCH3 is 1. The van der Waals surface area contributed by atoms with Gasteiger partial charge in [0.15, 0.2) is 11.5 Å². The van der Waals surface area contributed by atoms with Gasteiger partial charge in [0.2, 0.25) is 10.0 Å². The van der Waals surface area contributed by atoms with Crippen molar-refractivity contribution < 1.29 is 22.7 Å². The maximum Gasteiger partial charge on any atom is 0.255 e. The number of ether oxygens (including phenoxy) is 2. The van der Waals surface area contributed by atoms with Gasteiger partial charge in [-0.3, -0.25) is 4.79 Å². The van der Waals surface area contributed by atoms with Gasteiger partial charge in [0.05, 0.1) is 12.0 Å². The molecular formula is C20H18N2O5S. The second-order valence-corrected chi connectivity index (χ2v) is 7.36. The van der Waals surface area contributed by atoms with E-state index < -0.39 is 10.0 Å². The molecule has 3 aromatic carbocycles. The number of primary sulfonamides is 1. The van der Waals surface area contributed by atoms with Crippen molar-refractivity contribution in [3.05, 3.63) is 78.4 Å². The Kier molecular flexibility index (Phi) is 5.62. The molecule has 0 aliphatic carbocycles. The summed E-state index contributed by atoms with van der Waals surface area (Å²) in [6.45, 7) is 0. The number of amides is 1. The van der Waals surface area contributed by atoms with Crippen molar-refractivity contribution in [2.24, 2.45) is 5.14 Å². The van der Waals surface area contributed by atoms with Gasteiger partial charge in [-0.1, -0.05) is 12.1 Å². The molecule has 0 heterocycles. The molecule has 0 saturated heterocycles. The minimum atomic E-state index is -3.79. The number of hydrogen-bond donors (Lipinski definition) is 2. The third-order valence-electron chi connectivity index (χ3n) is 3.85. The van der Waals surface area contributed by atoms with Gasteiger partial charge in [-0.15, -0.1) is 0 Å². The molecule has 0 radical (unpaired) electrons. The maximum atomic E-state index is 12.3. The number of rotatable bonds is 6. The summed E-state index contributed by atoms with van der Waals surface area (Å²) in [5, 5.41) is 7.78. The summed E-state index contributed by atoms with van der Waals surface area (Å²) >= 11 is 0. The van der Waals surface area contributed by atoms with Crippen molar-refractivity contribution in [3.63, 3.8) is 0 Å². The largest absolute Gasteiger partial charge is 0.493 e. The standard InChI is InChI=1S/C20H18N2O5S/c1-26-18-4-2-3-5-19(18)27-16-10-8-15(9-11-16)22-20(23)14-6-12-17(13-7-14)28(21,24)25/h2-13H,1H3,(H,22,23)(H2,21,24,25). The molecule has 0 spiro atoms. The van der Waals surface area contributed by atoms with Crippen LogP contribution in [-0.2, 0) is 10.0 Å². The number of nitrogens with one attached hydrogen (secondary N) is 1. The molecule has 28 heavy (non-hydrogen) atoms. The van der Waals surface area contributed by atoms with E-state index in [0.717, 1.165) is 0 Å². The first-order chi connectivity index (χ1) is 13.4. The van der Waals surface area contributed by atoms with Gasteiger partial charge in [-0.25, -0.2) is 13.6 Å². The summed E-state index contributed by atoms with van der Waals surface area (Å²) in [5.41, 5.74) is 0.870. The van der Waals surface area contributed by atoms with Crippen molar-refractivity contribution >= 4 is 21.6 Å². The molecule has 144 valence electrons. The van der Waals surface area contributed by atoms with Crippen LogP contribution in [0.2, 0.25) is 0 Å². The molecule has 0 atom stereocenters. The van der Waals surface area contributed by atoms with Crippen molar-refractivity contribution in [3.8, 4) is 17.2 Å². The fourth-order valence-electron chi connectivity index (χ4n) is 2.44. The van der Waals surface area contributed by atoms with Crippen LogP contribution in [-0.4, -0.2) is 21.4 Å². The third kappa shape index (κ3) is 4.67. The van der Waals surface area contributed by atoms with Crippen LogP contribution in [0, 0.1) is 0 Å². The molecular weight excluding hydrogens is 380 g/mol. The lowest BCUT2D eigenvalue weighted by Crippen LogP contribution is -2.14. The molecule has 0 aliphatic rings. The lowest BCUT2D eigenvalue weighted by Gasteiger charge is -2.11. The van der Waals surface area contributed by atoms with Gasteiger partial charge >= 0.3 is 0 Å². The molecule has 0 fully saturated rings. The number of nitrogens with two attached hydrogens (primary N) is 1. The molecule has 0 unspecified atom stereocenters. The Hall–Kier alpha value is -3.36. The lowest BCUT2D eigenvalue weighted by molar-refractivity contribution is 0.102. The Balaban J connectivity index is 1.67. The van der Waals surface area contributed by atoms with E-state index in [4.69, 9.17) is 14.6 Å². The normalized spacial score (nSPS) is 10.9. The van der Waals surface area contributed by atoms with Crippen LogP contribution in [0.15, 0.2) is 77.7 Å². The number of carbonyl (C=O) groups excluding carboxylic acids is 1. The second kappa shape index (κ2) is 8.12. The van der Waals surface area contributed by atoms with Crippen LogP contribution in [0.4, 0.5) is 5.69 Å². The first-order valence-corrected chi connectivity index (χ1v) is 9.76. The molecule has 8 heteroatoms. The van der Waals surface area contributed by atoms with Gasteiger partial charge in [-0.2, -0.15) is 0 Å². The molecule has 3 rings (SSSR count). The Morgan fingerprint density at radius 1 is 0.893 bits per heavy atom. The fraction of sp³-hybridized carbons (Fsp3) is 0.0500. The molecule has 0 aromatic heterocycles. The summed E-state index contributed by atoms with van der Waals surface area (Å²) in [4.78, 5) is 12.2. The van der Waals surface area contributed by atoms with Gasteiger partial charge in [0.25, 0.3) is 5.91 Å². The predicted octanol–water partition coefficient (Wildman–Crippen LogP) is 3.39. The number of benzene rings is 3. The third-order valence-corrected chi connectivity index (χ3v) is 4.78. The van der Waals surface area contributed by atoms with Crippen LogP contribution in [0.25, 0.3) is 0 Å². The molecule has 0 aliphatic heterocycles. The van der Waals surface area contributed by atoms with Crippen molar-refractivity contribution in [2.75, 3.05) is 12.4 Å². The number of hydrogen-bond acceptors (Lipinski definition) is 5. The second-order valence-electron chi connectivity index (χ2n) is 5.80. The highest BCUT2D eigenvalue weighted by molar-refractivity contribution is 7.89. The highest BCUT2D eigenvalue weighted by Gasteiger charge is 2.11. The first-order valence-electron chi connectivity index (χ1n) is 8.22. The molecule has 3 N–H and O–H groups in total. The molecule has 7 nitrogen and oxygen atoms in total. The van der Waals surface area contributed by atoms with E-state index in [9.17, 15) is 13.2 Å². The van der Waals surface area contributed by atoms with E-state index in [1.165, 1.54) is 24.3 Å². The zero-order chi connectivity index (χ0) is 20.1. The van der Waals surface area contributed by atoms with E-state index >= 15 is 0 Å². The quantitative estimate of drug-likeness (QED) is 0.662. The highest BCUT2D eigenvalue weighted by Crippen LogP contribution is 2.31. The number of carbonyl (C=O) groups is 1. The Morgan fingerprint density at radius 3 is 2.07 bits per heavy atom. The smallest absolute Gasteiger partial charge is 0.255 e. The molecule has 0 bridgehead atoms. The van der Waals surface area contributed by atoms with E-state index in [0.29, 0.717) is 28.5 Å². The van der Waals surface area contributed by atoms with Crippen molar-refractivity contribution in [1.29, 1.82) is 0 Å². The van der Waals surface area contributed by atoms with Gasteiger partial charge in [-0.05, 0) is 60.7 Å². The van der Waals surface area contributed by atoms with E-state index in [1.54, 1.807) is 43.5 Å². The fourth-order valence-corrected chi connectivity index (χ4v) is 2.95. The number of sulfonamides is 1. The van der Waals surface area contributed by atoms with Gasteiger partial charge < -0.3 is 14.8 Å². The van der Waals surface area contributed by atoms with Gasteiger partial charge in [0, 0.05) is 11.3 Å². The van der Waals surface area contributed by atoms with E-state index in [1.807, 2.05) is 12.1 Å². The summed E-state index contributed by atoms with van der Waals surface area (Å²) < 4.78 is 33.6. The Labute approximate surface area is 162 Å². The average molecular weight is 398 g/mol. The van der Waals surface area contributed by atoms with Crippen LogP contribution < -0.4 is 19.9 Å². The summed E-state index contributed by atoms with van der Waals surface area (Å²) in [6, 6.07) is 19.5. The van der Waals surface area contributed by atoms with Crippen LogP contribution in [0.1, 0.15) is 10.4 Å². The first kappa shape index (κ1) is 19.4. The van der Waals surface area contributed by atoms with Crippen LogP contribution in [0.5, 0.6) is 17.2 Å². The monoisotopic (exact) mass is 398 g/mol. The number of anilines is 1. The number of para-hydroxylation sites is 2. The summed E-state index contributed by atoms with van der Waals surface area (Å²) in [5.74, 6) is 1.40.